The monoisotopic (exact) mass is 437 g/mol. The molecule has 28 heavy (non-hydrogen) atoms. The number of aromatic nitrogens is 3. The van der Waals surface area contributed by atoms with Crippen LogP contribution >= 0.6 is 35.0 Å². The second-order valence-electron chi connectivity index (χ2n) is 5.67. The Kier molecular flexibility index (Phi) is 6.18. The SMILES string of the molecule is Cc1ccc(-n2cnnc2SCC(=O)Nc2ccc(Cl)cc2[N+](=O)[O-])cc1Cl. The van der Waals surface area contributed by atoms with Crippen LogP contribution in [-0.2, 0) is 4.79 Å². The van der Waals surface area contributed by atoms with E-state index in [2.05, 4.69) is 15.5 Å². The van der Waals surface area contributed by atoms with E-state index in [0.717, 1.165) is 23.0 Å². The van der Waals surface area contributed by atoms with Gasteiger partial charge in [0.05, 0.1) is 16.4 Å². The highest BCUT2D eigenvalue weighted by Gasteiger charge is 2.17. The van der Waals surface area contributed by atoms with Crippen LogP contribution in [0.2, 0.25) is 10.0 Å². The third-order valence-corrected chi connectivity index (χ3v) is 5.30. The van der Waals surface area contributed by atoms with Gasteiger partial charge in [-0.3, -0.25) is 19.5 Å². The highest BCUT2D eigenvalue weighted by atomic mass is 35.5. The summed E-state index contributed by atoms with van der Waals surface area (Å²) in [7, 11) is 0. The van der Waals surface area contributed by atoms with Crippen LogP contribution in [0, 0.1) is 17.0 Å². The summed E-state index contributed by atoms with van der Waals surface area (Å²) >= 11 is 13.1. The fourth-order valence-electron chi connectivity index (χ4n) is 2.31. The number of hydrogen-bond donors (Lipinski definition) is 1. The van der Waals surface area contributed by atoms with Gasteiger partial charge in [-0.15, -0.1) is 10.2 Å². The van der Waals surface area contributed by atoms with Crippen molar-refractivity contribution < 1.29 is 9.72 Å². The van der Waals surface area contributed by atoms with E-state index in [-0.39, 0.29) is 22.2 Å². The molecular weight excluding hydrogens is 425 g/mol. The van der Waals surface area contributed by atoms with E-state index >= 15 is 0 Å². The average molecular weight is 438 g/mol. The van der Waals surface area contributed by atoms with Gasteiger partial charge in [0.1, 0.15) is 12.0 Å². The number of nitrogens with one attached hydrogen (secondary N) is 1. The Morgan fingerprint density at radius 2 is 2.07 bits per heavy atom. The van der Waals surface area contributed by atoms with Crippen molar-refractivity contribution in [3.8, 4) is 5.69 Å². The molecule has 11 heteroatoms. The standard InChI is InChI=1S/C17H13Cl2N5O3S/c1-10-2-4-12(7-13(10)19)23-9-20-22-17(23)28-8-16(25)21-14-5-3-11(18)6-15(14)24(26)27/h2-7,9H,8H2,1H3,(H,21,25). The van der Waals surface area contributed by atoms with Crippen molar-refractivity contribution in [3.63, 3.8) is 0 Å². The summed E-state index contributed by atoms with van der Waals surface area (Å²) in [4.78, 5) is 22.8. The number of rotatable bonds is 6. The Morgan fingerprint density at radius 3 is 2.79 bits per heavy atom. The highest BCUT2D eigenvalue weighted by molar-refractivity contribution is 7.99. The van der Waals surface area contributed by atoms with Gasteiger partial charge in [0.15, 0.2) is 5.16 Å². The Bertz CT molecular complexity index is 1060. The maximum atomic E-state index is 12.2. The number of amides is 1. The number of anilines is 1. The molecule has 0 aliphatic rings. The first-order chi connectivity index (χ1) is 13.3. The molecule has 0 fully saturated rings. The maximum Gasteiger partial charge on any atom is 0.294 e. The van der Waals surface area contributed by atoms with Gasteiger partial charge in [-0.1, -0.05) is 41.0 Å². The van der Waals surface area contributed by atoms with Gasteiger partial charge in [0, 0.05) is 16.1 Å². The minimum Gasteiger partial charge on any atom is -0.320 e. The van der Waals surface area contributed by atoms with Gasteiger partial charge in [-0.25, -0.2) is 0 Å². The van der Waals surface area contributed by atoms with Gasteiger partial charge >= 0.3 is 0 Å². The molecule has 0 saturated carbocycles. The molecule has 1 N–H and O–H groups in total. The van der Waals surface area contributed by atoms with E-state index in [1.165, 1.54) is 24.5 Å². The van der Waals surface area contributed by atoms with E-state index < -0.39 is 10.8 Å². The first kappa shape index (κ1) is 20.1. The predicted octanol–water partition coefficient (Wildman–Crippen LogP) is 4.52. The lowest BCUT2D eigenvalue weighted by molar-refractivity contribution is -0.383. The lowest BCUT2D eigenvalue weighted by Crippen LogP contribution is -2.15. The molecule has 2 aromatic carbocycles. The molecule has 0 spiro atoms. The molecule has 0 bridgehead atoms. The smallest absolute Gasteiger partial charge is 0.294 e. The molecule has 3 aromatic rings. The van der Waals surface area contributed by atoms with E-state index in [4.69, 9.17) is 23.2 Å². The molecule has 1 amide bonds. The predicted molar refractivity (Wildman–Crippen MR) is 109 cm³/mol. The number of carbonyl (C=O) groups excluding carboxylic acids is 1. The summed E-state index contributed by atoms with van der Waals surface area (Å²) in [5.41, 5.74) is 1.50. The van der Waals surface area contributed by atoms with Crippen molar-refractivity contribution in [2.75, 3.05) is 11.1 Å². The second-order valence-corrected chi connectivity index (χ2v) is 7.46. The number of hydrogen-bond acceptors (Lipinski definition) is 6. The normalized spacial score (nSPS) is 10.7. The number of nitrogens with zero attached hydrogens (tertiary/aromatic N) is 4. The summed E-state index contributed by atoms with van der Waals surface area (Å²) < 4.78 is 1.70. The fraction of sp³-hybridized carbons (Fsp3) is 0.118. The van der Waals surface area contributed by atoms with Crippen molar-refractivity contribution in [3.05, 3.63) is 68.4 Å². The number of halogens is 2. The largest absolute Gasteiger partial charge is 0.320 e. The zero-order chi connectivity index (χ0) is 20.3. The zero-order valence-electron chi connectivity index (χ0n) is 14.4. The molecule has 3 rings (SSSR count). The van der Waals surface area contributed by atoms with E-state index in [0.29, 0.717) is 10.2 Å². The van der Waals surface area contributed by atoms with Crippen LogP contribution in [0.5, 0.6) is 0 Å². The van der Waals surface area contributed by atoms with Crippen LogP contribution in [0.4, 0.5) is 11.4 Å². The second kappa shape index (κ2) is 8.59. The molecule has 0 atom stereocenters. The molecular formula is C17H13Cl2N5O3S. The number of thioether (sulfide) groups is 1. The van der Waals surface area contributed by atoms with Gasteiger partial charge in [-0.2, -0.15) is 0 Å². The summed E-state index contributed by atoms with van der Waals surface area (Å²) in [6.45, 7) is 1.90. The molecule has 144 valence electrons. The third-order valence-electron chi connectivity index (χ3n) is 3.71. The molecule has 1 aromatic heterocycles. The van der Waals surface area contributed by atoms with E-state index in [1.807, 2.05) is 19.1 Å². The highest BCUT2D eigenvalue weighted by Crippen LogP contribution is 2.28. The number of aryl methyl sites for hydroxylation is 1. The summed E-state index contributed by atoms with van der Waals surface area (Å²) in [5.74, 6) is -0.440. The van der Waals surface area contributed by atoms with Crippen LogP contribution in [0.3, 0.4) is 0 Å². The molecule has 0 aliphatic heterocycles. The van der Waals surface area contributed by atoms with Crippen LogP contribution < -0.4 is 5.32 Å². The summed E-state index contributed by atoms with van der Waals surface area (Å²) in [6.07, 6.45) is 1.52. The average Bonchev–Trinajstić information content (AvgIpc) is 3.12. The van der Waals surface area contributed by atoms with Crippen molar-refractivity contribution >= 4 is 52.2 Å². The first-order valence-corrected chi connectivity index (χ1v) is 9.62. The third kappa shape index (κ3) is 4.61. The summed E-state index contributed by atoms with van der Waals surface area (Å²) in [6, 6.07) is 9.56. The van der Waals surface area contributed by atoms with E-state index in [1.54, 1.807) is 10.6 Å². The van der Waals surface area contributed by atoms with E-state index in [9.17, 15) is 14.9 Å². The molecule has 0 aliphatic carbocycles. The van der Waals surface area contributed by atoms with Crippen LogP contribution in [0.25, 0.3) is 5.69 Å². The molecule has 0 unspecified atom stereocenters. The molecule has 1 heterocycles. The quantitative estimate of drug-likeness (QED) is 0.345. The number of carbonyl (C=O) groups is 1. The van der Waals surface area contributed by atoms with Gasteiger partial charge in [0.2, 0.25) is 5.91 Å². The van der Waals surface area contributed by atoms with Crippen molar-refractivity contribution in [2.45, 2.75) is 12.1 Å². The summed E-state index contributed by atoms with van der Waals surface area (Å²) in [5, 5.41) is 22.8. The lowest BCUT2D eigenvalue weighted by atomic mass is 10.2. The Balaban J connectivity index is 1.70. The number of nitro benzene ring substituents is 1. The maximum absolute atomic E-state index is 12.2. The topological polar surface area (TPSA) is 103 Å². The molecule has 0 saturated heterocycles. The molecule has 0 radical (unpaired) electrons. The van der Waals surface area contributed by atoms with Gasteiger partial charge < -0.3 is 5.32 Å². The first-order valence-electron chi connectivity index (χ1n) is 7.88. The van der Waals surface area contributed by atoms with Crippen molar-refractivity contribution in [1.82, 2.24) is 14.8 Å². The fourth-order valence-corrected chi connectivity index (χ4v) is 3.38. The van der Waals surface area contributed by atoms with Gasteiger partial charge in [0.25, 0.3) is 5.69 Å². The minimum absolute atomic E-state index is 0.0158. The number of nitro groups is 1. The Hall–Kier alpha value is -2.62. The number of benzene rings is 2. The van der Waals surface area contributed by atoms with Crippen molar-refractivity contribution in [1.29, 1.82) is 0 Å². The van der Waals surface area contributed by atoms with Crippen LogP contribution in [0.1, 0.15) is 5.56 Å². The van der Waals surface area contributed by atoms with Gasteiger partial charge in [-0.05, 0) is 36.8 Å². The van der Waals surface area contributed by atoms with Crippen LogP contribution in [-0.4, -0.2) is 31.3 Å². The zero-order valence-corrected chi connectivity index (χ0v) is 16.8. The Labute approximate surface area is 174 Å². The Morgan fingerprint density at radius 1 is 1.29 bits per heavy atom. The van der Waals surface area contributed by atoms with Crippen LogP contribution in [0.15, 0.2) is 47.9 Å². The molecule has 8 nitrogen and oxygen atoms in total. The lowest BCUT2D eigenvalue weighted by Gasteiger charge is -2.08. The van der Waals surface area contributed by atoms with Crippen molar-refractivity contribution in [2.24, 2.45) is 0 Å². The minimum atomic E-state index is -0.605.